The minimum atomic E-state index is -2.86. The topological polar surface area (TPSA) is 70.7 Å². The first-order valence-corrected chi connectivity index (χ1v) is 8.12. The molecule has 0 fully saturated rings. The minimum Gasteiger partial charge on any atom is -0.435 e. The standard InChI is InChI=1S/C17H25F2N3O3/c1-4-22(11-16(24)21-12(2)3)10-15(23)20-9-13-5-7-14(8-6-13)25-17(18)19/h5-8,12,17H,4,9-11H2,1-3H3,(H,20,23)(H,21,24). The van der Waals surface area contributed by atoms with Crippen molar-refractivity contribution in [3.8, 4) is 5.75 Å². The molecule has 0 saturated heterocycles. The molecule has 25 heavy (non-hydrogen) atoms. The van der Waals surface area contributed by atoms with E-state index in [0.717, 1.165) is 5.56 Å². The average molecular weight is 357 g/mol. The van der Waals surface area contributed by atoms with E-state index in [1.165, 1.54) is 12.1 Å². The molecule has 0 radical (unpaired) electrons. The van der Waals surface area contributed by atoms with Crippen molar-refractivity contribution in [2.45, 2.75) is 40.0 Å². The molecule has 0 atom stereocenters. The van der Waals surface area contributed by atoms with Crippen molar-refractivity contribution in [2.75, 3.05) is 19.6 Å². The minimum absolute atomic E-state index is 0.0528. The number of carbonyl (C=O) groups is 2. The fraction of sp³-hybridized carbons (Fsp3) is 0.529. The number of alkyl halides is 2. The summed E-state index contributed by atoms with van der Waals surface area (Å²) in [6, 6.07) is 6.10. The Morgan fingerprint density at radius 1 is 1.12 bits per heavy atom. The number of hydrogen-bond acceptors (Lipinski definition) is 4. The highest BCUT2D eigenvalue weighted by molar-refractivity contribution is 5.81. The van der Waals surface area contributed by atoms with Crippen LogP contribution in [0.15, 0.2) is 24.3 Å². The maximum atomic E-state index is 12.1. The summed E-state index contributed by atoms with van der Waals surface area (Å²) in [5.41, 5.74) is 0.760. The monoisotopic (exact) mass is 357 g/mol. The molecule has 8 heteroatoms. The quantitative estimate of drug-likeness (QED) is 0.669. The molecule has 0 aliphatic carbocycles. The molecule has 6 nitrogen and oxygen atoms in total. The fourth-order valence-corrected chi connectivity index (χ4v) is 2.10. The highest BCUT2D eigenvalue weighted by Crippen LogP contribution is 2.14. The smallest absolute Gasteiger partial charge is 0.387 e. The zero-order chi connectivity index (χ0) is 18.8. The largest absolute Gasteiger partial charge is 0.435 e. The molecular formula is C17H25F2N3O3. The van der Waals surface area contributed by atoms with Crippen LogP contribution < -0.4 is 15.4 Å². The third-order valence-corrected chi connectivity index (χ3v) is 3.27. The number of carbonyl (C=O) groups excluding carboxylic acids is 2. The number of ether oxygens (including phenoxy) is 1. The van der Waals surface area contributed by atoms with Crippen LogP contribution in [0.25, 0.3) is 0 Å². The summed E-state index contributed by atoms with van der Waals surface area (Å²) in [4.78, 5) is 25.5. The number of benzene rings is 1. The van der Waals surface area contributed by atoms with Crippen molar-refractivity contribution >= 4 is 11.8 Å². The first-order chi connectivity index (χ1) is 11.8. The zero-order valence-electron chi connectivity index (χ0n) is 14.7. The highest BCUT2D eigenvalue weighted by atomic mass is 19.3. The Bertz CT molecular complexity index is 551. The summed E-state index contributed by atoms with van der Waals surface area (Å²) in [6.45, 7) is 3.85. The van der Waals surface area contributed by atoms with Crippen LogP contribution >= 0.6 is 0 Å². The Balaban J connectivity index is 2.41. The van der Waals surface area contributed by atoms with Gasteiger partial charge in [-0.25, -0.2) is 0 Å². The lowest BCUT2D eigenvalue weighted by atomic mass is 10.2. The Morgan fingerprint density at radius 3 is 2.24 bits per heavy atom. The van der Waals surface area contributed by atoms with Gasteiger partial charge in [0, 0.05) is 12.6 Å². The highest BCUT2D eigenvalue weighted by Gasteiger charge is 2.13. The number of hydrogen-bond donors (Lipinski definition) is 2. The van der Waals surface area contributed by atoms with Gasteiger partial charge in [0.15, 0.2) is 0 Å². The number of likely N-dealkylation sites (N-methyl/N-ethyl adjacent to an activating group) is 1. The molecule has 1 aromatic rings. The van der Waals surface area contributed by atoms with Crippen LogP contribution in [-0.4, -0.2) is 49.0 Å². The van der Waals surface area contributed by atoms with Gasteiger partial charge >= 0.3 is 6.61 Å². The lowest BCUT2D eigenvalue weighted by Crippen LogP contribution is -2.44. The van der Waals surface area contributed by atoms with E-state index in [4.69, 9.17) is 0 Å². The second-order valence-corrected chi connectivity index (χ2v) is 5.82. The van der Waals surface area contributed by atoms with E-state index in [9.17, 15) is 18.4 Å². The number of halogens is 2. The van der Waals surface area contributed by atoms with E-state index >= 15 is 0 Å². The molecule has 0 spiro atoms. The molecule has 0 bridgehead atoms. The second-order valence-electron chi connectivity index (χ2n) is 5.82. The molecule has 1 rings (SSSR count). The van der Waals surface area contributed by atoms with Crippen molar-refractivity contribution in [3.05, 3.63) is 29.8 Å². The molecule has 0 aliphatic heterocycles. The first-order valence-electron chi connectivity index (χ1n) is 8.12. The van der Waals surface area contributed by atoms with Crippen LogP contribution in [0, 0.1) is 0 Å². The fourth-order valence-electron chi connectivity index (χ4n) is 2.10. The molecule has 0 aliphatic rings. The molecule has 0 saturated carbocycles. The molecule has 2 N–H and O–H groups in total. The van der Waals surface area contributed by atoms with Crippen molar-refractivity contribution in [2.24, 2.45) is 0 Å². The van der Waals surface area contributed by atoms with Crippen molar-refractivity contribution in [1.82, 2.24) is 15.5 Å². The van der Waals surface area contributed by atoms with E-state index in [-0.39, 0.29) is 43.2 Å². The normalized spacial score (nSPS) is 11.0. The van der Waals surface area contributed by atoms with Gasteiger partial charge in [-0.1, -0.05) is 19.1 Å². The number of nitrogens with one attached hydrogen (secondary N) is 2. The van der Waals surface area contributed by atoms with Gasteiger partial charge in [-0.05, 0) is 38.1 Å². The predicted molar refractivity (Wildman–Crippen MR) is 90.3 cm³/mol. The molecule has 0 unspecified atom stereocenters. The van der Waals surface area contributed by atoms with Crippen LogP contribution in [0.5, 0.6) is 5.75 Å². The Labute approximate surface area is 146 Å². The van der Waals surface area contributed by atoms with Crippen molar-refractivity contribution < 1.29 is 23.1 Å². The summed E-state index contributed by atoms with van der Waals surface area (Å²) >= 11 is 0. The molecule has 1 aromatic carbocycles. The van der Waals surface area contributed by atoms with Crippen LogP contribution in [-0.2, 0) is 16.1 Å². The second kappa shape index (κ2) is 10.6. The van der Waals surface area contributed by atoms with Gasteiger partial charge in [0.2, 0.25) is 11.8 Å². The number of rotatable bonds is 10. The summed E-state index contributed by atoms with van der Waals surface area (Å²) < 4.78 is 28.4. The molecule has 0 aromatic heterocycles. The third-order valence-electron chi connectivity index (χ3n) is 3.27. The van der Waals surface area contributed by atoms with Crippen molar-refractivity contribution in [3.63, 3.8) is 0 Å². The number of nitrogens with zero attached hydrogens (tertiary/aromatic N) is 1. The van der Waals surface area contributed by atoms with Crippen LogP contribution in [0.2, 0.25) is 0 Å². The van der Waals surface area contributed by atoms with Gasteiger partial charge < -0.3 is 15.4 Å². The maximum absolute atomic E-state index is 12.1. The van der Waals surface area contributed by atoms with Gasteiger partial charge in [0.25, 0.3) is 0 Å². The van der Waals surface area contributed by atoms with Crippen LogP contribution in [0.3, 0.4) is 0 Å². The van der Waals surface area contributed by atoms with E-state index in [1.807, 2.05) is 20.8 Å². The molecule has 140 valence electrons. The van der Waals surface area contributed by atoms with Gasteiger partial charge in [-0.3, -0.25) is 14.5 Å². The van der Waals surface area contributed by atoms with Gasteiger partial charge in [0.05, 0.1) is 13.1 Å². The predicted octanol–water partition coefficient (Wildman–Crippen LogP) is 1.75. The summed E-state index contributed by atoms with van der Waals surface area (Å²) in [7, 11) is 0. The molecular weight excluding hydrogens is 332 g/mol. The van der Waals surface area contributed by atoms with E-state index < -0.39 is 6.61 Å². The van der Waals surface area contributed by atoms with Gasteiger partial charge in [-0.2, -0.15) is 8.78 Å². The van der Waals surface area contributed by atoms with Crippen LogP contribution in [0.1, 0.15) is 26.3 Å². The van der Waals surface area contributed by atoms with E-state index in [2.05, 4.69) is 15.4 Å². The van der Waals surface area contributed by atoms with Gasteiger partial charge in [-0.15, -0.1) is 0 Å². The molecule has 0 heterocycles. The lowest BCUT2D eigenvalue weighted by molar-refractivity contribution is -0.125. The van der Waals surface area contributed by atoms with E-state index in [0.29, 0.717) is 6.54 Å². The SMILES string of the molecule is CCN(CC(=O)NCc1ccc(OC(F)F)cc1)CC(=O)NC(C)C. The Morgan fingerprint density at radius 2 is 1.72 bits per heavy atom. The summed E-state index contributed by atoms with van der Waals surface area (Å²) in [5, 5.41) is 5.52. The third kappa shape index (κ3) is 8.99. The van der Waals surface area contributed by atoms with Crippen molar-refractivity contribution in [1.29, 1.82) is 0 Å². The molecule has 2 amide bonds. The first kappa shape index (κ1) is 20.8. The number of amides is 2. The Hall–Kier alpha value is -2.22. The maximum Gasteiger partial charge on any atom is 0.387 e. The Kier molecular flexibility index (Phi) is 8.83. The van der Waals surface area contributed by atoms with Gasteiger partial charge in [0.1, 0.15) is 5.75 Å². The van der Waals surface area contributed by atoms with E-state index in [1.54, 1.807) is 17.0 Å². The average Bonchev–Trinajstić information content (AvgIpc) is 2.52. The summed E-state index contributed by atoms with van der Waals surface area (Å²) in [5.74, 6) is -0.273. The zero-order valence-corrected chi connectivity index (χ0v) is 14.7. The summed E-state index contributed by atoms with van der Waals surface area (Å²) in [6.07, 6.45) is 0. The van der Waals surface area contributed by atoms with Crippen LogP contribution in [0.4, 0.5) is 8.78 Å². The lowest BCUT2D eigenvalue weighted by Gasteiger charge is -2.20.